The van der Waals surface area contributed by atoms with Crippen LogP contribution >= 0.6 is 0 Å². The molecule has 4 aromatic carbocycles. The number of hydrogen-bond donors (Lipinski definition) is 0. The van der Waals surface area contributed by atoms with Gasteiger partial charge in [-0.2, -0.15) is 12.1 Å². The monoisotopic (exact) mass is 772 g/mol. The fraction of sp³-hybridized carbons (Fsp3) is 0.231. The summed E-state index contributed by atoms with van der Waals surface area (Å²) in [6.45, 7) is 13.5. The number of para-hydroxylation sites is 2. The van der Waals surface area contributed by atoms with Gasteiger partial charge in [0.2, 0.25) is 0 Å². The number of nitrogens with zero attached hydrogens (tertiary/aromatic N) is 4. The summed E-state index contributed by atoms with van der Waals surface area (Å²) in [7, 11) is 2.06. The fourth-order valence-electron chi connectivity index (χ4n) is 6.11. The first-order valence-corrected chi connectivity index (χ1v) is 15.1. The molecule has 3 aromatic heterocycles. The van der Waals surface area contributed by atoms with Crippen molar-refractivity contribution in [2.75, 3.05) is 0 Å². The van der Waals surface area contributed by atoms with Gasteiger partial charge in [0.15, 0.2) is 17.4 Å². The number of ether oxygens (including phenoxy) is 1. The maximum atomic E-state index is 6.46. The van der Waals surface area contributed by atoms with Gasteiger partial charge in [-0.3, -0.25) is 0 Å². The second-order valence-electron chi connectivity index (χ2n) is 13.6. The summed E-state index contributed by atoms with van der Waals surface area (Å²) in [5.74, 6) is 2.13. The molecule has 0 unspecified atom stereocenters. The van der Waals surface area contributed by atoms with Crippen LogP contribution in [0.1, 0.15) is 52.7 Å². The van der Waals surface area contributed by atoms with Crippen molar-refractivity contribution in [3.63, 3.8) is 0 Å². The maximum absolute atomic E-state index is 6.46. The van der Waals surface area contributed by atoms with Crippen molar-refractivity contribution in [3.8, 4) is 23.0 Å². The van der Waals surface area contributed by atoms with Crippen LogP contribution < -0.4 is 4.74 Å². The molecule has 0 spiro atoms. The summed E-state index contributed by atoms with van der Waals surface area (Å²) in [5, 5.41) is 2.35. The summed E-state index contributed by atoms with van der Waals surface area (Å²) in [5.41, 5.74) is 7.70. The van der Waals surface area contributed by atoms with Crippen LogP contribution in [-0.4, -0.2) is 18.7 Å². The van der Waals surface area contributed by atoms with E-state index < -0.39 is 0 Å². The van der Waals surface area contributed by atoms with Gasteiger partial charge in [-0.05, 0) is 57.7 Å². The molecule has 0 bridgehead atoms. The van der Waals surface area contributed by atoms with Crippen LogP contribution in [0.4, 0.5) is 0 Å². The van der Waals surface area contributed by atoms with Crippen molar-refractivity contribution in [1.29, 1.82) is 0 Å². The van der Waals surface area contributed by atoms with Gasteiger partial charge < -0.3 is 9.30 Å². The summed E-state index contributed by atoms with van der Waals surface area (Å²) >= 11 is 0. The van der Waals surface area contributed by atoms with E-state index in [-0.39, 0.29) is 31.9 Å². The molecule has 7 aromatic rings. The minimum atomic E-state index is -0.0385. The van der Waals surface area contributed by atoms with Crippen LogP contribution in [-0.2, 0) is 38.9 Å². The zero-order valence-electron chi connectivity index (χ0n) is 26.8. The minimum Gasteiger partial charge on any atom is -0.508 e. The second kappa shape index (κ2) is 11.3. The molecule has 0 aliphatic rings. The van der Waals surface area contributed by atoms with Gasteiger partial charge in [0.25, 0.3) is 0 Å². The molecular weight excluding hydrogens is 736 g/mol. The predicted octanol–water partition coefficient (Wildman–Crippen LogP) is 9.73. The first-order chi connectivity index (χ1) is 21.0. The first-order valence-electron chi connectivity index (χ1n) is 15.1. The number of fused-ring (bicyclic) bond motifs is 4. The largest absolute Gasteiger partial charge is 0.508 e. The van der Waals surface area contributed by atoms with Crippen LogP contribution in [0.3, 0.4) is 0 Å². The molecule has 3 heterocycles. The van der Waals surface area contributed by atoms with Crippen molar-refractivity contribution in [2.24, 2.45) is 7.05 Å². The normalized spacial score (nSPS) is 12.2. The van der Waals surface area contributed by atoms with E-state index in [1.54, 1.807) is 0 Å². The predicted molar refractivity (Wildman–Crippen MR) is 180 cm³/mol. The Morgan fingerprint density at radius 3 is 2.20 bits per heavy atom. The van der Waals surface area contributed by atoms with E-state index in [1.165, 1.54) is 16.5 Å². The smallest absolute Gasteiger partial charge is 0.188 e. The van der Waals surface area contributed by atoms with E-state index in [0.29, 0.717) is 11.5 Å². The third-order valence-corrected chi connectivity index (χ3v) is 8.37. The number of imidazole rings is 1. The minimum absolute atomic E-state index is 0. The zero-order chi connectivity index (χ0) is 30.8. The number of benzene rings is 4. The Hall–Kier alpha value is -4.21. The van der Waals surface area contributed by atoms with Gasteiger partial charge in [-0.25, -0.2) is 14.1 Å². The molecule has 0 atom stereocenters. The molecule has 0 saturated carbocycles. The van der Waals surface area contributed by atoms with Gasteiger partial charge in [-0.15, -0.1) is 29.7 Å². The molecule has 5 nitrogen and oxygen atoms in total. The summed E-state index contributed by atoms with van der Waals surface area (Å²) < 4.78 is 12.9. The van der Waals surface area contributed by atoms with Gasteiger partial charge in [0.05, 0.1) is 0 Å². The molecule has 0 saturated heterocycles. The van der Waals surface area contributed by atoms with Crippen molar-refractivity contribution in [2.45, 2.75) is 52.4 Å². The Bertz CT molecular complexity index is 2190. The Balaban J connectivity index is 0.00000357. The number of rotatable bonds is 4. The Labute approximate surface area is 279 Å². The molecule has 7 rings (SSSR count). The molecular formula is C39H37N4OPt-. The van der Waals surface area contributed by atoms with Gasteiger partial charge in [0.1, 0.15) is 5.82 Å². The van der Waals surface area contributed by atoms with Gasteiger partial charge in [-0.1, -0.05) is 65.3 Å². The molecule has 0 aliphatic heterocycles. The quantitative estimate of drug-likeness (QED) is 0.167. The summed E-state index contributed by atoms with van der Waals surface area (Å²) in [6.07, 6.45) is 3.98. The number of pyridine rings is 1. The van der Waals surface area contributed by atoms with Crippen molar-refractivity contribution >= 4 is 32.8 Å². The average Bonchev–Trinajstić information content (AvgIpc) is 3.51. The summed E-state index contributed by atoms with van der Waals surface area (Å²) in [6, 6.07) is 36.5. The fourth-order valence-corrected chi connectivity index (χ4v) is 6.11. The number of aryl methyl sites for hydroxylation is 1. The first kappa shape index (κ1) is 30.8. The molecule has 6 heteroatoms. The van der Waals surface area contributed by atoms with E-state index in [0.717, 1.165) is 39.0 Å². The van der Waals surface area contributed by atoms with E-state index >= 15 is 0 Å². The molecule has 45 heavy (non-hydrogen) atoms. The van der Waals surface area contributed by atoms with Crippen molar-refractivity contribution in [1.82, 2.24) is 18.7 Å². The number of hydrogen-bond acceptors (Lipinski definition) is 2. The Morgan fingerprint density at radius 1 is 0.733 bits per heavy atom. The molecule has 0 radical (unpaired) electrons. The van der Waals surface area contributed by atoms with Crippen LogP contribution in [0.2, 0.25) is 0 Å². The van der Waals surface area contributed by atoms with E-state index in [9.17, 15) is 0 Å². The SMILES string of the molecule is Cn1[cH+]n(-c2[c-]c(Oc3[c-]c4c(cc3)c3c(C(C)(C)C)cccc3n4-c3cc(C(C)(C)C)ccn3)ccc2)c2ccccc21.[Pt]. The van der Waals surface area contributed by atoms with E-state index in [1.807, 2.05) is 30.5 Å². The van der Waals surface area contributed by atoms with Crippen molar-refractivity contribution < 1.29 is 25.8 Å². The third kappa shape index (κ3) is 5.48. The molecule has 0 amide bonds. The third-order valence-electron chi connectivity index (χ3n) is 8.37. The van der Waals surface area contributed by atoms with Crippen LogP contribution in [0.25, 0.3) is 44.3 Å². The number of aromatic nitrogens is 4. The Morgan fingerprint density at radius 2 is 1.44 bits per heavy atom. The van der Waals surface area contributed by atoms with E-state index in [2.05, 4.69) is 141 Å². The van der Waals surface area contributed by atoms with Crippen molar-refractivity contribution in [3.05, 3.63) is 121 Å². The maximum Gasteiger partial charge on any atom is 0.188 e. The molecule has 0 aliphatic carbocycles. The molecule has 0 N–H and O–H groups in total. The Kier molecular flexibility index (Phi) is 7.73. The zero-order valence-corrected chi connectivity index (χ0v) is 29.0. The molecule has 230 valence electrons. The van der Waals surface area contributed by atoms with Crippen LogP contribution in [0, 0.1) is 12.1 Å². The average molecular weight is 773 g/mol. The van der Waals surface area contributed by atoms with Crippen LogP contribution in [0.15, 0.2) is 97.5 Å². The van der Waals surface area contributed by atoms with Gasteiger partial charge >= 0.3 is 0 Å². The van der Waals surface area contributed by atoms with Gasteiger partial charge in [0, 0.05) is 69.1 Å². The standard InChI is InChI=1S/C39H37N4O.Pt/c1-38(2,3)26-20-21-40-36(22-26)43-34-17-11-14-31(39(4,5)6)37(34)30-19-18-29(24-35(30)43)44-28-13-10-12-27(23-28)42-25-41(7)32-15-8-9-16-33(32)42;/h8-22,25H,1-7H3;/q-1;. The topological polar surface area (TPSA) is 36.9 Å². The van der Waals surface area contributed by atoms with E-state index in [4.69, 9.17) is 9.72 Å². The second-order valence-corrected chi connectivity index (χ2v) is 13.6. The summed E-state index contributed by atoms with van der Waals surface area (Å²) in [4.78, 5) is 4.86. The van der Waals surface area contributed by atoms with Crippen LogP contribution in [0.5, 0.6) is 11.5 Å². The molecule has 0 fully saturated rings.